The summed E-state index contributed by atoms with van der Waals surface area (Å²) in [4.78, 5) is 2.48. The van der Waals surface area contributed by atoms with E-state index in [1.54, 1.807) is 7.11 Å². The van der Waals surface area contributed by atoms with Crippen LogP contribution in [0, 0.1) is 0 Å². The van der Waals surface area contributed by atoms with Crippen molar-refractivity contribution in [3.8, 4) is 0 Å². The monoisotopic (exact) mass is 234 g/mol. The summed E-state index contributed by atoms with van der Waals surface area (Å²) in [6, 6.07) is 9.15. The summed E-state index contributed by atoms with van der Waals surface area (Å²) < 4.78 is 5.34. The van der Waals surface area contributed by atoms with E-state index in [1.165, 1.54) is 24.1 Å². The Morgan fingerprint density at radius 2 is 2.24 bits per heavy atom. The van der Waals surface area contributed by atoms with Crippen LogP contribution in [0.2, 0.25) is 0 Å². The highest BCUT2D eigenvalue weighted by Crippen LogP contribution is 2.28. The van der Waals surface area contributed by atoms with Gasteiger partial charge < -0.3 is 15.0 Å². The molecule has 1 aromatic carbocycles. The molecule has 17 heavy (non-hydrogen) atoms. The van der Waals surface area contributed by atoms with Gasteiger partial charge in [0.15, 0.2) is 0 Å². The van der Waals surface area contributed by atoms with Crippen LogP contribution in [0.4, 0.5) is 5.69 Å². The average Bonchev–Trinajstić information content (AvgIpc) is 2.38. The number of hydrogen-bond donors (Lipinski definition) is 1. The topological polar surface area (TPSA) is 24.5 Å². The van der Waals surface area contributed by atoms with E-state index in [0.717, 1.165) is 19.7 Å². The summed E-state index contributed by atoms with van der Waals surface area (Å²) in [5.41, 5.74) is 2.85. The Hall–Kier alpha value is -1.06. The molecule has 0 saturated carbocycles. The van der Waals surface area contributed by atoms with Gasteiger partial charge in [-0.15, -0.1) is 0 Å². The largest absolute Gasteiger partial charge is 0.383 e. The van der Waals surface area contributed by atoms with Crippen LogP contribution in [0.25, 0.3) is 0 Å². The van der Waals surface area contributed by atoms with Crippen LogP contribution in [0.3, 0.4) is 0 Å². The first-order valence-corrected chi connectivity index (χ1v) is 6.35. The lowest BCUT2D eigenvalue weighted by Gasteiger charge is -2.37. The minimum atomic E-state index is 0.423. The van der Waals surface area contributed by atoms with Crippen LogP contribution >= 0.6 is 0 Å². The van der Waals surface area contributed by atoms with E-state index in [2.05, 4.69) is 34.5 Å². The van der Waals surface area contributed by atoms with E-state index in [1.807, 2.05) is 7.05 Å². The van der Waals surface area contributed by atoms with Crippen molar-refractivity contribution in [3.05, 3.63) is 29.8 Å². The number of para-hydroxylation sites is 1. The van der Waals surface area contributed by atoms with Gasteiger partial charge in [0.25, 0.3) is 0 Å². The Morgan fingerprint density at radius 3 is 3.00 bits per heavy atom. The zero-order valence-corrected chi connectivity index (χ0v) is 10.8. The molecule has 0 amide bonds. The van der Waals surface area contributed by atoms with Crippen LogP contribution in [0.15, 0.2) is 24.3 Å². The highest BCUT2D eigenvalue weighted by Gasteiger charge is 2.23. The molecular formula is C14H22N2O. The zero-order chi connectivity index (χ0) is 12.1. The zero-order valence-electron chi connectivity index (χ0n) is 10.8. The summed E-state index contributed by atoms with van der Waals surface area (Å²) in [7, 11) is 3.77. The molecule has 0 saturated heterocycles. The number of nitrogens with one attached hydrogen (secondary N) is 1. The predicted molar refractivity (Wildman–Crippen MR) is 71.7 cm³/mol. The lowest BCUT2D eigenvalue weighted by molar-refractivity contribution is 0.175. The van der Waals surface area contributed by atoms with Gasteiger partial charge in [-0.1, -0.05) is 18.2 Å². The van der Waals surface area contributed by atoms with Gasteiger partial charge in [0.2, 0.25) is 0 Å². The number of benzene rings is 1. The molecule has 94 valence electrons. The number of hydrogen-bond acceptors (Lipinski definition) is 3. The summed E-state index contributed by atoms with van der Waals surface area (Å²) in [5, 5.41) is 3.26. The molecular weight excluding hydrogens is 212 g/mol. The molecule has 1 unspecified atom stereocenters. The molecule has 1 N–H and O–H groups in total. The fourth-order valence-electron chi connectivity index (χ4n) is 2.63. The fourth-order valence-corrected chi connectivity index (χ4v) is 2.63. The summed E-state index contributed by atoms with van der Waals surface area (Å²) in [6.07, 6.45) is 2.44. The summed E-state index contributed by atoms with van der Waals surface area (Å²) in [5.74, 6) is 0. The molecule has 0 bridgehead atoms. The maximum atomic E-state index is 5.34. The first-order valence-electron chi connectivity index (χ1n) is 6.35. The van der Waals surface area contributed by atoms with Crippen molar-refractivity contribution in [1.29, 1.82) is 0 Å². The van der Waals surface area contributed by atoms with E-state index in [0.29, 0.717) is 6.04 Å². The third-order valence-corrected chi connectivity index (χ3v) is 3.39. The Morgan fingerprint density at radius 1 is 1.41 bits per heavy atom. The number of rotatable bonds is 5. The van der Waals surface area contributed by atoms with Gasteiger partial charge in [0, 0.05) is 25.9 Å². The lowest BCUT2D eigenvalue weighted by Crippen LogP contribution is -2.46. The standard InChI is InChI=1S/C14H22N2O/c1-15-10-13(11-17-2)16-9-5-7-12-6-3-4-8-14(12)16/h3-4,6,8,13,15H,5,7,9-11H2,1-2H3. The molecule has 1 aliphatic rings. The molecule has 0 aliphatic carbocycles. The molecule has 0 aromatic heterocycles. The second kappa shape index (κ2) is 6.03. The Balaban J connectivity index is 2.20. The maximum absolute atomic E-state index is 5.34. The molecule has 1 aliphatic heterocycles. The van der Waals surface area contributed by atoms with Crippen molar-refractivity contribution < 1.29 is 4.74 Å². The second-order valence-electron chi connectivity index (χ2n) is 4.59. The second-order valence-corrected chi connectivity index (χ2v) is 4.59. The number of nitrogens with zero attached hydrogens (tertiary/aromatic N) is 1. The molecule has 3 heteroatoms. The Kier molecular flexibility index (Phi) is 4.40. The first kappa shape index (κ1) is 12.4. The van der Waals surface area contributed by atoms with Gasteiger partial charge in [-0.25, -0.2) is 0 Å². The van der Waals surface area contributed by atoms with E-state index < -0.39 is 0 Å². The number of methoxy groups -OCH3 is 1. The Labute approximate surface area is 104 Å². The van der Waals surface area contributed by atoms with Crippen LogP contribution in [-0.4, -0.2) is 39.9 Å². The third kappa shape index (κ3) is 2.79. The smallest absolute Gasteiger partial charge is 0.0678 e. The third-order valence-electron chi connectivity index (χ3n) is 3.39. The molecule has 1 aromatic rings. The van der Waals surface area contributed by atoms with Crippen molar-refractivity contribution >= 4 is 5.69 Å². The SMILES string of the molecule is CNCC(COC)N1CCCc2ccccc21. The molecule has 1 heterocycles. The van der Waals surface area contributed by atoms with Crippen molar-refractivity contribution in [2.24, 2.45) is 0 Å². The molecule has 1 atom stereocenters. The number of aryl methyl sites for hydroxylation is 1. The minimum Gasteiger partial charge on any atom is -0.383 e. The average molecular weight is 234 g/mol. The fraction of sp³-hybridized carbons (Fsp3) is 0.571. The van der Waals surface area contributed by atoms with E-state index in [9.17, 15) is 0 Å². The van der Waals surface area contributed by atoms with Gasteiger partial charge >= 0.3 is 0 Å². The predicted octanol–water partition coefficient (Wildman–Crippen LogP) is 1.67. The first-order chi connectivity index (χ1) is 8.36. The van der Waals surface area contributed by atoms with Crippen LogP contribution in [0.1, 0.15) is 12.0 Å². The van der Waals surface area contributed by atoms with Crippen molar-refractivity contribution in [1.82, 2.24) is 5.32 Å². The number of anilines is 1. The van der Waals surface area contributed by atoms with E-state index >= 15 is 0 Å². The lowest BCUT2D eigenvalue weighted by atomic mass is 10.00. The van der Waals surface area contributed by atoms with Crippen LogP contribution in [0.5, 0.6) is 0 Å². The highest BCUT2D eigenvalue weighted by atomic mass is 16.5. The van der Waals surface area contributed by atoms with E-state index in [-0.39, 0.29) is 0 Å². The number of fused-ring (bicyclic) bond motifs is 1. The van der Waals surface area contributed by atoms with Crippen molar-refractivity contribution in [2.75, 3.05) is 38.8 Å². The highest BCUT2D eigenvalue weighted by molar-refractivity contribution is 5.56. The summed E-state index contributed by atoms with van der Waals surface area (Å²) in [6.45, 7) is 2.87. The van der Waals surface area contributed by atoms with Crippen molar-refractivity contribution in [3.63, 3.8) is 0 Å². The number of likely N-dealkylation sites (N-methyl/N-ethyl adjacent to an activating group) is 1. The van der Waals surface area contributed by atoms with Gasteiger partial charge in [-0.05, 0) is 31.5 Å². The van der Waals surface area contributed by atoms with Gasteiger partial charge in [-0.3, -0.25) is 0 Å². The normalized spacial score (nSPS) is 16.7. The molecule has 0 fully saturated rings. The molecule has 0 spiro atoms. The summed E-state index contributed by atoms with van der Waals surface area (Å²) >= 11 is 0. The Bertz CT molecular complexity index is 348. The van der Waals surface area contributed by atoms with E-state index in [4.69, 9.17) is 4.74 Å². The molecule has 2 rings (SSSR count). The quantitative estimate of drug-likeness (QED) is 0.839. The van der Waals surface area contributed by atoms with Gasteiger partial charge in [0.05, 0.1) is 12.6 Å². The maximum Gasteiger partial charge on any atom is 0.0678 e. The van der Waals surface area contributed by atoms with Crippen LogP contribution < -0.4 is 10.2 Å². The molecule has 0 radical (unpaired) electrons. The van der Waals surface area contributed by atoms with Crippen molar-refractivity contribution in [2.45, 2.75) is 18.9 Å². The molecule has 3 nitrogen and oxygen atoms in total. The van der Waals surface area contributed by atoms with Gasteiger partial charge in [0.1, 0.15) is 0 Å². The van der Waals surface area contributed by atoms with Crippen LogP contribution in [-0.2, 0) is 11.2 Å². The number of ether oxygens (including phenoxy) is 1. The minimum absolute atomic E-state index is 0.423. The van der Waals surface area contributed by atoms with Gasteiger partial charge in [-0.2, -0.15) is 0 Å².